The molecule has 0 unspecified atom stereocenters. The zero-order valence-electron chi connectivity index (χ0n) is 26.1. The Morgan fingerprint density at radius 1 is 0.383 bits per heavy atom. The number of para-hydroxylation sites is 3. The minimum atomic E-state index is 0.00552. The number of benzene rings is 7. The van der Waals surface area contributed by atoms with E-state index in [2.05, 4.69) is 156 Å². The fraction of sp³-hybridized carbons (Fsp3) is 0.0667. The van der Waals surface area contributed by atoms with Crippen LogP contribution in [-0.4, -0.2) is 8.80 Å². The van der Waals surface area contributed by atoms with E-state index < -0.39 is 0 Å². The average Bonchev–Trinajstić information content (AvgIpc) is 3.88. The van der Waals surface area contributed by atoms with Gasteiger partial charge in [0.1, 0.15) is 0 Å². The smallest absolute Gasteiger partial charge is 0.0634 e. The van der Waals surface area contributed by atoms with E-state index in [9.17, 15) is 0 Å². The number of nitrogens with zero attached hydrogens (tertiary/aromatic N) is 2. The molecule has 2 nitrogen and oxygen atoms in total. The second-order valence-electron chi connectivity index (χ2n) is 14.1. The van der Waals surface area contributed by atoms with E-state index >= 15 is 0 Å². The monoisotopic (exact) mass is 596 g/mol. The summed E-state index contributed by atoms with van der Waals surface area (Å²) in [5.41, 5.74) is 15.9. The first-order chi connectivity index (χ1) is 23.1. The van der Waals surface area contributed by atoms with E-state index in [4.69, 9.17) is 0 Å². The molecule has 7 aromatic carbocycles. The molecule has 0 N–H and O–H groups in total. The molecule has 0 spiro atoms. The maximum absolute atomic E-state index is 2.56. The summed E-state index contributed by atoms with van der Waals surface area (Å²) in [7, 11) is 0. The SMILES string of the molecule is CC1(C)c2ccccc2-c2cc(-c3ccc4c5c6c7ccccc7n7c8ccccc8c(c8c9ccccc9n(c4c3)c85)c67)ccc21. The quantitative estimate of drug-likeness (QED) is 0.178. The van der Waals surface area contributed by atoms with Crippen LogP contribution in [0, 0.1) is 0 Å². The highest BCUT2D eigenvalue weighted by Crippen LogP contribution is 2.53. The van der Waals surface area contributed by atoms with Crippen LogP contribution in [-0.2, 0) is 5.41 Å². The van der Waals surface area contributed by atoms with Crippen molar-refractivity contribution in [3.8, 4) is 22.3 Å². The van der Waals surface area contributed by atoms with Crippen LogP contribution in [0.3, 0.4) is 0 Å². The van der Waals surface area contributed by atoms with Gasteiger partial charge < -0.3 is 8.80 Å². The molecule has 0 saturated carbocycles. The number of hydrogen-bond donors (Lipinski definition) is 0. The molecular weight excluding hydrogens is 569 g/mol. The summed E-state index contributed by atoms with van der Waals surface area (Å²) >= 11 is 0. The maximum Gasteiger partial charge on any atom is 0.0634 e. The Balaban J connectivity index is 1.26. The van der Waals surface area contributed by atoms with Crippen molar-refractivity contribution in [3.63, 3.8) is 0 Å². The standard InChI is InChI=1S/C45H28N2/c1-45(2)33-15-7-3-11-27(33)32-23-25(20-22-34(32)45)26-19-21-31-38(24-26)47-37-18-10-6-14-30(37)40-39-28-12-4-8-16-35(28)46-36-17-9-5-13-29(36)41(43(39)46)42(31)44(40)47/h3-24H,1-2H3. The number of aromatic nitrogens is 2. The minimum Gasteiger partial charge on any atom is -0.308 e. The number of rotatable bonds is 1. The highest BCUT2D eigenvalue weighted by molar-refractivity contribution is 6.45. The molecule has 12 rings (SSSR count). The largest absolute Gasteiger partial charge is 0.308 e. The van der Waals surface area contributed by atoms with Gasteiger partial charge in [0, 0.05) is 48.5 Å². The first-order valence-electron chi connectivity index (χ1n) is 16.6. The summed E-state index contributed by atoms with van der Waals surface area (Å²) in [6.07, 6.45) is 0. The van der Waals surface area contributed by atoms with E-state index in [1.165, 1.54) is 110 Å². The second kappa shape index (κ2) is 7.92. The Labute approximate surface area is 270 Å². The van der Waals surface area contributed by atoms with Crippen molar-refractivity contribution < 1.29 is 0 Å². The van der Waals surface area contributed by atoms with Crippen molar-refractivity contribution in [1.29, 1.82) is 0 Å². The van der Waals surface area contributed by atoms with Gasteiger partial charge in [-0.25, -0.2) is 0 Å². The van der Waals surface area contributed by atoms with E-state index in [-0.39, 0.29) is 5.41 Å². The van der Waals surface area contributed by atoms with E-state index in [1.54, 1.807) is 0 Å². The van der Waals surface area contributed by atoms with Crippen molar-refractivity contribution in [1.82, 2.24) is 8.80 Å². The molecule has 1 aliphatic rings. The summed E-state index contributed by atoms with van der Waals surface area (Å²) in [6.45, 7) is 4.71. The normalized spacial score (nSPS) is 14.3. The van der Waals surface area contributed by atoms with Crippen molar-refractivity contribution in [2.24, 2.45) is 0 Å². The summed E-state index contributed by atoms with van der Waals surface area (Å²) in [6, 6.07) is 50.2. The van der Waals surface area contributed by atoms with Crippen molar-refractivity contribution in [3.05, 3.63) is 145 Å². The van der Waals surface area contributed by atoms with Crippen molar-refractivity contribution in [2.45, 2.75) is 19.3 Å². The molecule has 0 aliphatic heterocycles. The third-order valence-electron chi connectivity index (χ3n) is 11.6. The van der Waals surface area contributed by atoms with Crippen LogP contribution < -0.4 is 0 Å². The number of hydrogen-bond acceptors (Lipinski definition) is 0. The van der Waals surface area contributed by atoms with Gasteiger partial charge in [-0.3, -0.25) is 0 Å². The molecule has 4 aromatic heterocycles. The molecule has 0 saturated heterocycles. The topological polar surface area (TPSA) is 8.82 Å². The van der Waals surface area contributed by atoms with E-state index in [0.29, 0.717) is 0 Å². The lowest BCUT2D eigenvalue weighted by atomic mass is 9.82. The van der Waals surface area contributed by atoms with Gasteiger partial charge in [0.25, 0.3) is 0 Å². The molecule has 1 aliphatic carbocycles. The third kappa shape index (κ3) is 2.66. The first kappa shape index (κ1) is 24.4. The maximum atomic E-state index is 2.56. The zero-order valence-corrected chi connectivity index (χ0v) is 26.1. The van der Waals surface area contributed by atoms with Crippen LogP contribution in [0.4, 0.5) is 0 Å². The number of fused-ring (bicyclic) bond motifs is 17. The summed E-state index contributed by atoms with van der Waals surface area (Å²) in [4.78, 5) is 0. The van der Waals surface area contributed by atoms with Gasteiger partial charge in [0.2, 0.25) is 0 Å². The van der Waals surface area contributed by atoms with Crippen LogP contribution in [0.2, 0.25) is 0 Å². The second-order valence-corrected chi connectivity index (χ2v) is 14.1. The fourth-order valence-corrected chi connectivity index (χ4v) is 9.61. The molecule has 0 radical (unpaired) electrons. The molecule has 11 aromatic rings. The van der Waals surface area contributed by atoms with Gasteiger partial charge in [-0.05, 0) is 63.7 Å². The lowest BCUT2D eigenvalue weighted by molar-refractivity contribution is 0.660. The van der Waals surface area contributed by atoms with Crippen LogP contribution in [0.5, 0.6) is 0 Å². The highest BCUT2D eigenvalue weighted by atomic mass is 14.9. The van der Waals surface area contributed by atoms with Gasteiger partial charge in [0.15, 0.2) is 0 Å². The predicted molar refractivity (Wildman–Crippen MR) is 199 cm³/mol. The third-order valence-corrected chi connectivity index (χ3v) is 11.6. The molecule has 4 heterocycles. The summed E-state index contributed by atoms with van der Waals surface area (Å²) in [5.74, 6) is 0. The van der Waals surface area contributed by atoms with E-state index in [0.717, 1.165) is 0 Å². The Hall–Kier alpha value is -5.86. The molecule has 0 bridgehead atoms. The Kier molecular flexibility index (Phi) is 4.11. The Bertz CT molecular complexity index is 3150. The van der Waals surface area contributed by atoms with E-state index in [1.807, 2.05) is 0 Å². The molecule has 2 heteroatoms. The Morgan fingerprint density at radius 3 is 1.45 bits per heavy atom. The van der Waals surface area contributed by atoms with Crippen LogP contribution >= 0.6 is 0 Å². The van der Waals surface area contributed by atoms with Gasteiger partial charge in [-0.2, -0.15) is 0 Å². The molecule has 0 atom stereocenters. The molecule has 0 fully saturated rings. The van der Waals surface area contributed by atoms with Crippen LogP contribution in [0.25, 0.3) is 98.4 Å². The van der Waals surface area contributed by atoms with Crippen molar-refractivity contribution in [2.75, 3.05) is 0 Å². The van der Waals surface area contributed by atoms with Gasteiger partial charge in [0.05, 0.1) is 33.1 Å². The summed E-state index contributed by atoms with van der Waals surface area (Å²) < 4.78 is 5.08. The predicted octanol–water partition coefficient (Wildman–Crippen LogP) is 12.0. The van der Waals surface area contributed by atoms with Gasteiger partial charge in [-0.1, -0.05) is 117 Å². The molecule has 0 amide bonds. The van der Waals surface area contributed by atoms with Gasteiger partial charge in [-0.15, -0.1) is 0 Å². The minimum absolute atomic E-state index is 0.00552. The summed E-state index contributed by atoms with van der Waals surface area (Å²) in [5, 5.41) is 10.8. The molecule has 218 valence electrons. The molecule has 47 heavy (non-hydrogen) atoms. The van der Waals surface area contributed by atoms with Gasteiger partial charge >= 0.3 is 0 Å². The zero-order chi connectivity index (χ0) is 30.8. The fourth-order valence-electron chi connectivity index (χ4n) is 9.61. The first-order valence-corrected chi connectivity index (χ1v) is 16.6. The van der Waals surface area contributed by atoms with Crippen molar-refractivity contribution >= 4 is 76.2 Å². The Morgan fingerprint density at radius 2 is 0.830 bits per heavy atom. The highest BCUT2D eigenvalue weighted by Gasteiger charge is 2.35. The van der Waals surface area contributed by atoms with Crippen LogP contribution in [0.15, 0.2) is 133 Å². The van der Waals surface area contributed by atoms with Crippen LogP contribution in [0.1, 0.15) is 25.0 Å². The molecular formula is C45H28N2. The lowest BCUT2D eigenvalue weighted by Crippen LogP contribution is -2.14. The lowest BCUT2D eigenvalue weighted by Gasteiger charge is -2.21. The average molecular weight is 597 g/mol.